The van der Waals surface area contributed by atoms with Gasteiger partial charge in [-0.3, -0.25) is 4.79 Å². The van der Waals surface area contributed by atoms with Gasteiger partial charge in [-0.1, -0.05) is 47.5 Å². The molecule has 0 spiro atoms. The number of amides is 1. The molecule has 3 aromatic rings. The van der Waals surface area contributed by atoms with Gasteiger partial charge in [-0.25, -0.2) is 0 Å². The molecule has 7 heteroatoms. The first kappa shape index (κ1) is 20.8. The number of hydrogen-bond donors (Lipinski definition) is 2. The van der Waals surface area contributed by atoms with E-state index in [2.05, 4.69) is 10.6 Å². The number of carbonyl (C=O) groups is 1. The van der Waals surface area contributed by atoms with E-state index in [-0.39, 0.29) is 12.5 Å². The quantitative estimate of drug-likeness (QED) is 0.439. The normalized spacial score (nSPS) is 10.3. The van der Waals surface area contributed by atoms with Gasteiger partial charge in [0.1, 0.15) is 24.7 Å². The number of nitrogens with one attached hydrogen (secondary N) is 2. The Balaban J connectivity index is 1.43. The van der Waals surface area contributed by atoms with Crippen molar-refractivity contribution < 1.29 is 14.3 Å². The summed E-state index contributed by atoms with van der Waals surface area (Å²) in [6, 6.07) is 21.9. The minimum Gasteiger partial charge on any atom is -0.490 e. The van der Waals surface area contributed by atoms with Gasteiger partial charge in [-0.15, -0.1) is 0 Å². The standard InChI is InChI=1S/C22H20Cl2N2O3/c23-20-10-9-17(14-21(20)24)26-22(27)15-25-16-5-4-8-19(13-16)29-12-11-28-18-6-2-1-3-7-18/h1-10,13-14,25H,11-12,15H2,(H,26,27). The average Bonchev–Trinajstić information content (AvgIpc) is 2.73. The van der Waals surface area contributed by atoms with Gasteiger partial charge < -0.3 is 20.1 Å². The van der Waals surface area contributed by atoms with Crippen LogP contribution in [-0.2, 0) is 4.79 Å². The molecule has 29 heavy (non-hydrogen) atoms. The van der Waals surface area contributed by atoms with E-state index in [1.54, 1.807) is 18.2 Å². The Hall–Kier alpha value is -2.89. The van der Waals surface area contributed by atoms with Crippen LogP contribution in [0.2, 0.25) is 10.0 Å². The topological polar surface area (TPSA) is 59.6 Å². The second-order valence-corrected chi connectivity index (χ2v) is 6.88. The van der Waals surface area contributed by atoms with Crippen molar-refractivity contribution in [2.75, 3.05) is 30.4 Å². The number of hydrogen-bond acceptors (Lipinski definition) is 4. The van der Waals surface area contributed by atoms with Crippen molar-refractivity contribution in [1.29, 1.82) is 0 Å². The van der Waals surface area contributed by atoms with Crippen LogP contribution in [0.5, 0.6) is 11.5 Å². The van der Waals surface area contributed by atoms with E-state index in [4.69, 9.17) is 32.7 Å². The van der Waals surface area contributed by atoms with E-state index in [1.807, 2.05) is 54.6 Å². The predicted octanol–water partition coefficient (Wildman–Crippen LogP) is 5.50. The molecule has 0 aliphatic carbocycles. The molecule has 0 saturated heterocycles. The number of halogens is 2. The van der Waals surface area contributed by atoms with Crippen LogP contribution >= 0.6 is 23.2 Å². The largest absolute Gasteiger partial charge is 0.490 e. The van der Waals surface area contributed by atoms with Gasteiger partial charge >= 0.3 is 0 Å². The SMILES string of the molecule is O=C(CNc1cccc(OCCOc2ccccc2)c1)Nc1ccc(Cl)c(Cl)c1. The number of benzene rings is 3. The summed E-state index contributed by atoms with van der Waals surface area (Å²) >= 11 is 11.8. The van der Waals surface area contributed by atoms with Gasteiger partial charge in [-0.05, 0) is 42.5 Å². The summed E-state index contributed by atoms with van der Waals surface area (Å²) in [5, 5.41) is 6.65. The van der Waals surface area contributed by atoms with Crippen LogP contribution in [0.3, 0.4) is 0 Å². The number of anilines is 2. The first-order valence-electron chi connectivity index (χ1n) is 8.99. The maximum Gasteiger partial charge on any atom is 0.243 e. The number of carbonyl (C=O) groups excluding carboxylic acids is 1. The maximum absolute atomic E-state index is 12.1. The summed E-state index contributed by atoms with van der Waals surface area (Å²) in [6.07, 6.45) is 0. The van der Waals surface area contributed by atoms with Crippen LogP contribution in [0.4, 0.5) is 11.4 Å². The molecule has 0 heterocycles. The second-order valence-electron chi connectivity index (χ2n) is 6.07. The monoisotopic (exact) mass is 430 g/mol. The lowest BCUT2D eigenvalue weighted by Crippen LogP contribution is -2.21. The molecule has 0 radical (unpaired) electrons. The number of ether oxygens (including phenoxy) is 2. The van der Waals surface area contributed by atoms with Gasteiger partial charge in [0.25, 0.3) is 0 Å². The zero-order valence-electron chi connectivity index (χ0n) is 15.5. The zero-order valence-corrected chi connectivity index (χ0v) is 17.0. The Kier molecular flexibility index (Phi) is 7.61. The van der Waals surface area contributed by atoms with Crippen molar-refractivity contribution in [2.24, 2.45) is 0 Å². The fraction of sp³-hybridized carbons (Fsp3) is 0.136. The van der Waals surface area contributed by atoms with E-state index in [9.17, 15) is 4.79 Å². The molecule has 1 amide bonds. The highest BCUT2D eigenvalue weighted by Crippen LogP contribution is 2.25. The summed E-state index contributed by atoms with van der Waals surface area (Å²) < 4.78 is 11.3. The minimum atomic E-state index is -0.203. The smallest absolute Gasteiger partial charge is 0.243 e. The number of para-hydroxylation sites is 1. The third kappa shape index (κ3) is 6.89. The highest BCUT2D eigenvalue weighted by Gasteiger charge is 2.05. The number of rotatable bonds is 9. The zero-order chi connectivity index (χ0) is 20.5. The lowest BCUT2D eigenvalue weighted by Gasteiger charge is -2.11. The Morgan fingerprint density at radius 2 is 1.48 bits per heavy atom. The maximum atomic E-state index is 12.1. The minimum absolute atomic E-state index is 0.0980. The average molecular weight is 431 g/mol. The highest BCUT2D eigenvalue weighted by atomic mass is 35.5. The van der Waals surface area contributed by atoms with Crippen molar-refractivity contribution in [3.8, 4) is 11.5 Å². The van der Waals surface area contributed by atoms with Gasteiger partial charge in [0, 0.05) is 17.4 Å². The summed E-state index contributed by atoms with van der Waals surface area (Å²) in [5.74, 6) is 1.29. The van der Waals surface area contributed by atoms with Gasteiger partial charge in [0.2, 0.25) is 5.91 Å². The Bertz CT molecular complexity index is 952. The molecule has 0 bridgehead atoms. The predicted molar refractivity (Wildman–Crippen MR) is 117 cm³/mol. The Morgan fingerprint density at radius 3 is 2.24 bits per heavy atom. The van der Waals surface area contributed by atoms with Crippen LogP contribution in [0.25, 0.3) is 0 Å². The highest BCUT2D eigenvalue weighted by molar-refractivity contribution is 6.42. The van der Waals surface area contributed by atoms with Crippen molar-refractivity contribution in [1.82, 2.24) is 0 Å². The summed E-state index contributed by atoms with van der Waals surface area (Å²) in [7, 11) is 0. The van der Waals surface area contributed by atoms with Crippen molar-refractivity contribution >= 4 is 40.5 Å². The van der Waals surface area contributed by atoms with Crippen LogP contribution in [0.1, 0.15) is 0 Å². The van der Waals surface area contributed by atoms with Crippen LogP contribution < -0.4 is 20.1 Å². The van der Waals surface area contributed by atoms with Crippen LogP contribution in [0.15, 0.2) is 72.8 Å². The molecule has 3 rings (SSSR count). The van der Waals surface area contributed by atoms with E-state index in [1.165, 1.54) is 0 Å². The molecule has 0 fully saturated rings. The summed E-state index contributed by atoms with van der Waals surface area (Å²) in [5.41, 5.74) is 1.36. The molecule has 0 aliphatic rings. The fourth-order valence-corrected chi connectivity index (χ4v) is 2.79. The lowest BCUT2D eigenvalue weighted by atomic mass is 10.3. The molecule has 3 aromatic carbocycles. The first-order chi connectivity index (χ1) is 14.1. The lowest BCUT2D eigenvalue weighted by molar-refractivity contribution is -0.114. The molecule has 5 nitrogen and oxygen atoms in total. The van der Waals surface area contributed by atoms with E-state index < -0.39 is 0 Å². The molecule has 0 saturated carbocycles. The van der Waals surface area contributed by atoms with Gasteiger partial charge in [0.05, 0.1) is 16.6 Å². The van der Waals surface area contributed by atoms with Crippen molar-refractivity contribution in [2.45, 2.75) is 0 Å². The third-order valence-electron chi connectivity index (χ3n) is 3.85. The van der Waals surface area contributed by atoms with E-state index >= 15 is 0 Å². The van der Waals surface area contributed by atoms with Crippen LogP contribution in [0, 0.1) is 0 Å². The molecule has 0 aromatic heterocycles. The Morgan fingerprint density at radius 1 is 0.759 bits per heavy atom. The van der Waals surface area contributed by atoms with Crippen molar-refractivity contribution in [3.63, 3.8) is 0 Å². The van der Waals surface area contributed by atoms with Crippen LogP contribution in [-0.4, -0.2) is 25.7 Å². The van der Waals surface area contributed by atoms with E-state index in [0.29, 0.717) is 34.7 Å². The Labute approximate surface area is 179 Å². The molecule has 150 valence electrons. The molecule has 2 N–H and O–H groups in total. The van der Waals surface area contributed by atoms with Gasteiger partial charge in [0.15, 0.2) is 0 Å². The van der Waals surface area contributed by atoms with Gasteiger partial charge in [-0.2, -0.15) is 0 Å². The third-order valence-corrected chi connectivity index (χ3v) is 4.59. The molecular formula is C22H20Cl2N2O3. The summed E-state index contributed by atoms with van der Waals surface area (Å²) in [6.45, 7) is 0.949. The molecule has 0 atom stereocenters. The summed E-state index contributed by atoms with van der Waals surface area (Å²) in [4.78, 5) is 12.1. The van der Waals surface area contributed by atoms with E-state index in [0.717, 1.165) is 11.4 Å². The molecular weight excluding hydrogens is 411 g/mol. The first-order valence-corrected chi connectivity index (χ1v) is 9.75. The van der Waals surface area contributed by atoms with Crippen molar-refractivity contribution in [3.05, 3.63) is 82.8 Å². The molecule has 0 aliphatic heterocycles. The second kappa shape index (κ2) is 10.6. The molecule has 0 unspecified atom stereocenters. The fourth-order valence-electron chi connectivity index (χ4n) is 2.49.